The van der Waals surface area contributed by atoms with Crippen molar-refractivity contribution < 1.29 is 17.6 Å². The number of carbonyl (C=O) groups is 1. The quantitative estimate of drug-likeness (QED) is 0.660. The number of piperidine rings is 1. The first-order chi connectivity index (χ1) is 15.2. The third-order valence-electron chi connectivity index (χ3n) is 6.11. The molecule has 0 unspecified atom stereocenters. The fraction of sp³-hybridized carbons (Fsp3) is 0.429. The number of hydrogen-bond donors (Lipinski definition) is 1. The minimum absolute atomic E-state index is 0.0951. The van der Waals surface area contributed by atoms with Gasteiger partial charge in [0.1, 0.15) is 6.17 Å². The van der Waals surface area contributed by atoms with Crippen molar-refractivity contribution in [2.45, 2.75) is 24.4 Å². The summed E-state index contributed by atoms with van der Waals surface area (Å²) < 4.78 is 41.2. The smallest absolute Gasteiger partial charge is 0.282 e. The lowest BCUT2D eigenvalue weighted by atomic mass is 9.75. The van der Waals surface area contributed by atoms with E-state index in [1.165, 1.54) is 10.4 Å². The molecule has 1 amide bonds. The van der Waals surface area contributed by atoms with Crippen molar-refractivity contribution in [2.75, 3.05) is 32.7 Å². The minimum Gasteiger partial charge on any atom is -0.351 e. The van der Waals surface area contributed by atoms with Crippen LogP contribution in [-0.2, 0) is 15.6 Å². The van der Waals surface area contributed by atoms with Crippen molar-refractivity contribution in [3.05, 3.63) is 63.9 Å². The minimum atomic E-state index is -3.69. The summed E-state index contributed by atoms with van der Waals surface area (Å²) in [6.07, 6.45) is 1.51. The van der Waals surface area contributed by atoms with Gasteiger partial charge in [-0.3, -0.25) is 9.78 Å². The molecule has 2 aliphatic rings. The first kappa shape index (κ1) is 23.4. The lowest BCUT2D eigenvalue weighted by Crippen LogP contribution is -2.59. The van der Waals surface area contributed by atoms with Crippen molar-refractivity contribution in [1.29, 1.82) is 0 Å². The zero-order chi connectivity index (χ0) is 22.9. The Morgan fingerprint density at radius 2 is 1.88 bits per heavy atom. The normalized spacial score (nSPS) is 20.0. The van der Waals surface area contributed by atoms with E-state index in [0.29, 0.717) is 23.4 Å². The molecule has 172 valence electrons. The summed E-state index contributed by atoms with van der Waals surface area (Å²) in [6.45, 7) is 0.587. The molecule has 2 aromatic rings. The summed E-state index contributed by atoms with van der Waals surface area (Å²) in [5.41, 5.74) is 0.553. The van der Waals surface area contributed by atoms with E-state index in [9.17, 15) is 17.6 Å². The van der Waals surface area contributed by atoms with Gasteiger partial charge in [-0.2, -0.15) is 17.0 Å². The molecule has 2 fully saturated rings. The number of benzene rings is 1. The SMILES string of the molecule is O=C(NCC1(c2ccccn2)CCN(S(=O)(=O)N2CC(F)C2)CC1)c1ccc(Cl)cc1Cl. The first-order valence-electron chi connectivity index (χ1n) is 10.3. The van der Waals surface area contributed by atoms with Crippen LogP contribution in [0.2, 0.25) is 10.0 Å². The van der Waals surface area contributed by atoms with E-state index < -0.39 is 21.8 Å². The fourth-order valence-corrected chi connectivity index (χ4v) is 6.27. The van der Waals surface area contributed by atoms with Gasteiger partial charge in [0.15, 0.2) is 0 Å². The topological polar surface area (TPSA) is 82.6 Å². The van der Waals surface area contributed by atoms with Crippen LogP contribution in [0, 0.1) is 0 Å². The van der Waals surface area contributed by atoms with E-state index in [2.05, 4.69) is 10.3 Å². The maximum atomic E-state index is 13.2. The number of alkyl halides is 1. The molecule has 0 saturated carbocycles. The van der Waals surface area contributed by atoms with Crippen LogP contribution in [0.3, 0.4) is 0 Å². The molecule has 32 heavy (non-hydrogen) atoms. The third-order valence-corrected chi connectivity index (χ3v) is 8.62. The Balaban J connectivity index is 1.50. The van der Waals surface area contributed by atoms with Gasteiger partial charge in [-0.1, -0.05) is 29.3 Å². The van der Waals surface area contributed by atoms with Gasteiger partial charge in [0.25, 0.3) is 16.1 Å². The highest BCUT2D eigenvalue weighted by molar-refractivity contribution is 7.86. The van der Waals surface area contributed by atoms with Crippen LogP contribution in [0.15, 0.2) is 42.6 Å². The fourth-order valence-electron chi connectivity index (χ4n) is 4.10. The maximum absolute atomic E-state index is 13.2. The molecule has 1 aromatic heterocycles. The van der Waals surface area contributed by atoms with Crippen molar-refractivity contribution in [3.8, 4) is 0 Å². The summed E-state index contributed by atoms with van der Waals surface area (Å²) in [4.78, 5) is 17.3. The molecule has 7 nitrogen and oxygen atoms in total. The standard InChI is InChI=1S/C21H23Cl2FN4O3S/c22-15-4-5-17(18(23)11-15)20(29)26-14-21(19-3-1-2-8-25-19)6-9-27(10-7-21)32(30,31)28-12-16(24)13-28/h1-5,8,11,16H,6-7,9-10,12-14H2,(H,26,29). The van der Waals surface area contributed by atoms with Gasteiger partial charge in [0.2, 0.25) is 0 Å². The molecule has 3 heterocycles. The number of nitrogens with zero attached hydrogens (tertiary/aromatic N) is 3. The second kappa shape index (κ2) is 9.23. The van der Waals surface area contributed by atoms with Crippen LogP contribution in [0.4, 0.5) is 4.39 Å². The Bertz CT molecular complexity index is 1090. The van der Waals surface area contributed by atoms with E-state index in [1.54, 1.807) is 24.4 Å². The van der Waals surface area contributed by atoms with Crippen LogP contribution >= 0.6 is 23.2 Å². The lowest BCUT2D eigenvalue weighted by Gasteiger charge is -2.44. The Morgan fingerprint density at radius 1 is 1.16 bits per heavy atom. The van der Waals surface area contributed by atoms with Gasteiger partial charge in [-0.25, -0.2) is 4.39 Å². The molecule has 4 rings (SSSR count). The van der Waals surface area contributed by atoms with Gasteiger partial charge < -0.3 is 5.32 Å². The summed E-state index contributed by atoms with van der Waals surface area (Å²) in [6, 6.07) is 10.2. The molecule has 0 aliphatic carbocycles. The van der Waals surface area contributed by atoms with E-state index in [-0.39, 0.29) is 43.7 Å². The highest BCUT2D eigenvalue weighted by Crippen LogP contribution is 2.36. The molecule has 1 N–H and O–H groups in total. The lowest BCUT2D eigenvalue weighted by molar-refractivity contribution is 0.0928. The van der Waals surface area contributed by atoms with Crippen molar-refractivity contribution in [1.82, 2.24) is 18.9 Å². The zero-order valence-corrected chi connectivity index (χ0v) is 19.5. The Morgan fingerprint density at radius 3 is 2.47 bits per heavy atom. The van der Waals surface area contributed by atoms with Crippen molar-refractivity contribution >= 4 is 39.3 Å². The Labute approximate surface area is 196 Å². The largest absolute Gasteiger partial charge is 0.351 e. The monoisotopic (exact) mass is 500 g/mol. The predicted molar refractivity (Wildman–Crippen MR) is 121 cm³/mol. The highest BCUT2D eigenvalue weighted by Gasteiger charge is 2.45. The van der Waals surface area contributed by atoms with Crippen LogP contribution < -0.4 is 5.32 Å². The summed E-state index contributed by atoms with van der Waals surface area (Å²) in [5, 5.41) is 3.63. The van der Waals surface area contributed by atoms with E-state index in [1.807, 2.05) is 12.1 Å². The molecular formula is C21H23Cl2FN4O3S. The second-order valence-electron chi connectivity index (χ2n) is 8.12. The molecule has 2 aliphatic heterocycles. The van der Waals surface area contributed by atoms with Crippen LogP contribution in [0.1, 0.15) is 28.9 Å². The van der Waals surface area contributed by atoms with Gasteiger partial charge in [-0.15, -0.1) is 0 Å². The number of rotatable bonds is 6. The van der Waals surface area contributed by atoms with E-state index in [0.717, 1.165) is 10.00 Å². The second-order valence-corrected chi connectivity index (χ2v) is 10.9. The van der Waals surface area contributed by atoms with Crippen molar-refractivity contribution in [3.63, 3.8) is 0 Å². The predicted octanol–water partition coefficient (Wildman–Crippen LogP) is 3.05. The molecular weight excluding hydrogens is 478 g/mol. The molecule has 0 bridgehead atoms. The van der Waals surface area contributed by atoms with Gasteiger partial charge in [-0.05, 0) is 43.2 Å². The number of halogens is 3. The molecule has 0 radical (unpaired) electrons. The van der Waals surface area contributed by atoms with Crippen LogP contribution in [0.25, 0.3) is 0 Å². The first-order valence-corrected chi connectivity index (χ1v) is 12.4. The Hall–Kier alpha value is -1.78. The highest BCUT2D eigenvalue weighted by atomic mass is 35.5. The van der Waals surface area contributed by atoms with E-state index in [4.69, 9.17) is 23.2 Å². The number of hydrogen-bond acceptors (Lipinski definition) is 4. The van der Waals surface area contributed by atoms with Crippen LogP contribution in [0.5, 0.6) is 0 Å². The average molecular weight is 501 g/mol. The molecule has 2 saturated heterocycles. The molecule has 0 atom stereocenters. The number of carbonyl (C=O) groups excluding carboxylic acids is 1. The van der Waals surface area contributed by atoms with E-state index >= 15 is 0 Å². The Kier molecular flexibility index (Phi) is 6.74. The number of pyridine rings is 1. The van der Waals surface area contributed by atoms with Gasteiger partial charge >= 0.3 is 0 Å². The number of nitrogens with one attached hydrogen (secondary N) is 1. The van der Waals surface area contributed by atoms with Crippen LogP contribution in [-0.4, -0.2) is 66.8 Å². The molecule has 11 heteroatoms. The maximum Gasteiger partial charge on any atom is 0.282 e. The number of amides is 1. The average Bonchev–Trinajstić information content (AvgIpc) is 2.76. The summed E-state index contributed by atoms with van der Waals surface area (Å²) in [5.74, 6) is -0.341. The zero-order valence-electron chi connectivity index (χ0n) is 17.2. The third kappa shape index (κ3) is 4.63. The van der Waals surface area contributed by atoms with Crippen molar-refractivity contribution in [2.24, 2.45) is 0 Å². The van der Waals surface area contributed by atoms with Gasteiger partial charge in [0, 0.05) is 55.1 Å². The summed E-state index contributed by atoms with van der Waals surface area (Å²) >= 11 is 12.1. The molecule has 0 spiro atoms. The number of aromatic nitrogens is 1. The summed E-state index contributed by atoms with van der Waals surface area (Å²) in [7, 11) is -3.69. The molecule has 1 aromatic carbocycles. The van der Waals surface area contributed by atoms with Gasteiger partial charge in [0.05, 0.1) is 10.6 Å².